The number of aryl methyl sites for hydroxylation is 1. The molecule has 0 amide bonds. The van der Waals surface area contributed by atoms with Crippen LogP contribution in [0.2, 0.25) is 0 Å². The number of carbonyl (C=O) groups excluding carboxylic acids is 2. The highest BCUT2D eigenvalue weighted by Gasteiger charge is 2.78. The molecule has 7 nitrogen and oxygen atoms in total. The van der Waals surface area contributed by atoms with Gasteiger partial charge in [-0.25, -0.2) is 4.79 Å². The second-order valence-electron chi connectivity index (χ2n) is 18.8. The zero-order valence-electron chi connectivity index (χ0n) is 32.5. The second kappa shape index (κ2) is 15.1. The molecule has 10 atom stereocenters. The van der Waals surface area contributed by atoms with Crippen LogP contribution < -0.4 is 0 Å². The van der Waals surface area contributed by atoms with Crippen LogP contribution in [0, 0.1) is 51.3 Å². The average molecular weight is 729 g/mol. The Kier molecular flexibility index (Phi) is 11.0. The summed E-state index contributed by atoms with van der Waals surface area (Å²) in [7, 11) is 0. The van der Waals surface area contributed by atoms with Gasteiger partial charge in [0.15, 0.2) is 0 Å². The standard InChI is InChI=1S/C46H64O7/c1-32(12-11-15-33-13-5-4-6-14-33)17-18-37(47)46-38(48)21-25-43(3,35-20-26-44(29-35)23-9-10-24-44)41(46)36-30-42(2,22-8-7-16-39(49)53-36)45(46,51)27-19-34-28-40(50)52-31-34/h4-6,13-14,28,32,35-38,41,47-48,51H,7,9-12,15-21,23-27,29-31H2,1-3H3/t32-,35+,36-,37+,38+,41+,42+,43+,45-,46+/m1/s1. The molecule has 1 aromatic carbocycles. The molecule has 0 saturated heterocycles. The first-order chi connectivity index (χ1) is 25.3. The molecule has 53 heavy (non-hydrogen) atoms. The molecule has 4 aliphatic carbocycles. The van der Waals surface area contributed by atoms with Crippen LogP contribution in [-0.2, 0) is 25.5 Å². The lowest BCUT2D eigenvalue weighted by Gasteiger charge is -2.71. The van der Waals surface area contributed by atoms with Crippen LogP contribution >= 0.6 is 0 Å². The summed E-state index contributed by atoms with van der Waals surface area (Å²) in [5, 5.41) is 39.8. The maximum atomic E-state index is 13.9. The van der Waals surface area contributed by atoms with Gasteiger partial charge in [-0.05, 0) is 124 Å². The zero-order chi connectivity index (χ0) is 37.5. The smallest absolute Gasteiger partial charge is 0.331 e. The molecule has 6 aliphatic rings. The summed E-state index contributed by atoms with van der Waals surface area (Å²) in [4.78, 5) is 25.7. The Morgan fingerprint density at radius 1 is 0.962 bits per heavy atom. The van der Waals surface area contributed by atoms with E-state index in [0.717, 1.165) is 50.5 Å². The summed E-state index contributed by atoms with van der Waals surface area (Å²) in [5.41, 5.74) is -2.08. The third-order valence-corrected chi connectivity index (χ3v) is 15.8. The molecule has 2 heterocycles. The Bertz CT molecular complexity index is 1590. The van der Waals surface area contributed by atoms with Gasteiger partial charge in [-0.15, -0.1) is 5.92 Å². The van der Waals surface area contributed by atoms with Crippen molar-refractivity contribution in [2.45, 2.75) is 167 Å². The Balaban J connectivity index is 1.29. The van der Waals surface area contributed by atoms with Gasteiger partial charge in [0.2, 0.25) is 0 Å². The molecule has 0 radical (unpaired) electrons. The van der Waals surface area contributed by atoms with Crippen molar-refractivity contribution in [3.8, 4) is 11.8 Å². The van der Waals surface area contributed by atoms with E-state index in [4.69, 9.17) is 9.47 Å². The van der Waals surface area contributed by atoms with Crippen LogP contribution in [0.15, 0.2) is 42.0 Å². The maximum absolute atomic E-state index is 13.9. The van der Waals surface area contributed by atoms with Crippen LogP contribution in [0.3, 0.4) is 0 Å². The van der Waals surface area contributed by atoms with Crippen molar-refractivity contribution in [2.24, 2.45) is 39.4 Å². The molecule has 4 fully saturated rings. The fourth-order valence-corrected chi connectivity index (χ4v) is 13.0. The molecule has 7 heteroatoms. The first kappa shape index (κ1) is 38.6. The largest absolute Gasteiger partial charge is 0.462 e. The Morgan fingerprint density at radius 3 is 2.47 bits per heavy atom. The van der Waals surface area contributed by atoms with Crippen molar-refractivity contribution in [1.29, 1.82) is 0 Å². The van der Waals surface area contributed by atoms with Gasteiger partial charge in [-0.1, -0.05) is 69.4 Å². The van der Waals surface area contributed by atoms with Gasteiger partial charge in [0.25, 0.3) is 0 Å². The van der Waals surface area contributed by atoms with E-state index in [-0.39, 0.29) is 36.8 Å². The molecule has 290 valence electrons. The number of rotatable bonds is 12. The molecule has 1 aromatic rings. The number of carbonyl (C=O) groups is 2. The third kappa shape index (κ3) is 6.93. The zero-order valence-corrected chi connectivity index (χ0v) is 32.5. The molecule has 2 aliphatic heterocycles. The lowest BCUT2D eigenvalue weighted by molar-refractivity contribution is -0.338. The first-order valence-electron chi connectivity index (χ1n) is 21.0. The molecule has 4 saturated carbocycles. The van der Waals surface area contributed by atoms with Gasteiger partial charge in [0.1, 0.15) is 12.7 Å². The van der Waals surface area contributed by atoms with Crippen molar-refractivity contribution in [3.63, 3.8) is 0 Å². The minimum atomic E-state index is -1.65. The summed E-state index contributed by atoms with van der Waals surface area (Å²) in [5.74, 6) is 6.23. The fourth-order valence-electron chi connectivity index (χ4n) is 13.0. The first-order valence-corrected chi connectivity index (χ1v) is 21.0. The SMILES string of the molecule is C[C@H](CCCc1ccccc1)CC[C@H](O)[C@]12[C@@H](O)CC[C@@](C)([C@H]3CCC4(CCCC4)C3)[C@@H]1[C@H]1C[C@](C)(C#CCCC(=O)O1)[C@]2(O)CCC1=CC(=O)OC1. The Hall–Kier alpha value is -2.66. The fraction of sp³-hybridized carbons (Fsp3) is 0.739. The van der Waals surface area contributed by atoms with Crippen LogP contribution in [0.25, 0.3) is 0 Å². The number of aliphatic hydroxyl groups excluding tert-OH is 2. The van der Waals surface area contributed by atoms with Gasteiger partial charge in [-0.2, -0.15) is 0 Å². The number of esters is 2. The molecule has 2 bridgehead atoms. The van der Waals surface area contributed by atoms with Crippen LogP contribution in [-0.4, -0.2) is 57.8 Å². The molecule has 1 spiro atoms. The number of aliphatic hydroxyl groups is 3. The molecule has 0 aromatic heterocycles. The van der Waals surface area contributed by atoms with Crippen LogP contribution in [0.5, 0.6) is 0 Å². The predicted octanol–water partition coefficient (Wildman–Crippen LogP) is 8.02. The van der Waals surface area contributed by atoms with Crippen LogP contribution in [0.1, 0.15) is 142 Å². The Labute approximate surface area is 317 Å². The molecule has 3 N–H and O–H groups in total. The number of hydrogen-bond donors (Lipinski definition) is 3. The quantitative estimate of drug-likeness (QED) is 0.148. The molecular formula is C46H64O7. The number of cyclic esters (lactones) is 1. The minimum Gasteiger partial charge on any atom is -0.462 e. The second-order valence-corrected chi connectivity index (χ2v) is 18.8. The molecule has 0 unspecified atom stereocenters. The monoisotopic (exact) mass is 728 g/mol. The lowest BCUT2D eigenvalue weighted by Crippen LogP contribution is -2.79. The van der Waals surface area contributed by atoms with Gasteiger partial charge >= 0.3 is 11.9 Å². The van der Waals surface area contributed by atoms with Crippen molar-refractivity contribution in [3.05, 3.63) is 47.5 Å². The van der Waals surface area contributed by atoms with E-state index >= 15 is 0 Å². The Morgan fingerprint density at radius 2 is 1.74 bits per heavy atom. The van der Waals surface area contributed by atoms with Crippen molar-refractivity contribution < 1.29 is 34.4 Å². The highest BCUT2D eigenvalue weighted by molar-refractivity contribution is 5.85. The number of benzene rings is 1. The summed E-state index contributed by atoms with van der Waals surface area (Å²) in [6, 6.07) is 10.5. The van der Waals surface area contributed by atoms with Gasteiger partial charge < -0.3 is 24.8 Å². The van der Waals surface area contributed by atoms with Crippen LogP contribution in [0.4, 0.5) is 0 Å². The summed E-state index contributed by atoms with van der Waals surface area (Å²) < 4.78 is 11.8. The minimum absolute atomic E-state index is 0.179. The van der Waals surface area contributed by atoms with Crippen molar-refractivity contribution >= 4 is 11.9 Å². The van der Waals surface area contributed by atoms with Gasteiger partial charge in [0, 0.05) is 24.8 Å². The molecule has 7 rings (SSSR count). The van der Waals surface area contributed by atoms with E-state index in [1.165, 1.54) is 43.7 Å². The normalized spacial score (nSPS) is 38.7. The number of hydrogen-bond acceptors (Lipinski definition) is 7. The van der Waals surface area contributed by atoms with E-state index in [1.54, 1.807) is 0 Å². The number of ether oxygens (including phenoxy) is 2. The average Bonchev–Trinajstić information content (AvgIpc) is 3.91. The summed E-state index contributed by atoms with van der Waals surface area (Å²) in [6.07, 6.45) is 14.2. The third-order valence-electron chi connectivity index (χ3n) is 15.8. The van der Waals surface area contributed by atoms with E-state index < -0.39 is 40.7 Å². The summed E-state index contributed by atoms with van der Waals surface area (Å²) in [6.45, 7) is 6.74. The predicted molar refractivity (Wildman–Crippen MR) is 204 cm³/mol. The van der Waals surface area contributed by atoms with E-state index in [0.29, 0.717) is 49.4 Å². The van der Waals surface area contributed by atoms with E-state index in [9.17, 15) is 24.9 Å². The maximum Gasteiger partial charge on any atom is 0.331 e. The molecular weight excluding hydrogens is 664 g/mol. The van der Waals surface area contributed by atoms with Gasteiger partial charge in [-0.3, -0.25) is 4.79 Å². The number of fused-ring (bicyclic) bond motifs is 4. The highest BCUT2D eigenvalue weighted by atomic mass is 16.5. The van der Waals surface area contributed by atoms with Crippen molar-refractivity contribution in [2.75, 3.05) is 6.61 Å². The highest BCUT2D eigenvalue weighted by Crippen LogP contribution is 2.73. The van der Waals surface area contributed by atoms with E-state index in [2.05, 4.69) is 50.0 Å². The van der Waals surface area contributed by atoms with E-state index in [1.807, 2.05) is 13.0 Å². The van der Waals surface area contributed by atoms with Crippen molar-refractivity contribution in [1.82, 2.24) is 0 Å². The topological polar surface area (TPSA) is 113 Å². The van der Waals surface area contributed by atoms with Gasteiger partial charge in [0.05, 0.1) is 35.1 Å². The lowest BCUT2D eigenvalue weighted by atomic mass is 9.35. The summed E-state index contributed by atoms with van der Waals surface area (Å²) >= 11 is 0.